The van der Waals surface area contributed by atoms with Crippen molar-refractivity contribution < 1.29 is 0 Å². The highest BCUT2D eigenvalue weighted by Crippen LogP contribution is 2.21. The molecule has 2 heterocycles. The lowest BCUT2D eigenvalue weighted by atomic mass is 10.4. The van der Waals surface area contributed by atoms with Gasteiger partial charge >= 0.3 is 0 Å². The SMILES string of the molecule is CCc1nc(NC)cc(NCc2cc(Br)cs2)n1. The van der Waals surface area contributed by atoms with Crippen molar-refractivity contribution in [2.75, 3.05) is 17.7 Å². The monoisotopic (exact) mass is 326 g/mol. The maximum absolute atomic E-state index is 4.45. The van der Waals surface area contributed by atoms with Gasteiger partial charge < -0.3 is 10.6 Å². The summed E-state index contributed by atoms with van der Waals surface area (Å²) in [6.07, 6.45) is 0.828. The van der Waals surface area contributed by atoms with E-state index in [4.69, 9.17) is 0 Å². The third kappa shape index (κ3) is 3.43. The molecule has 0 amide bonds. The van der Waals surface area contributed by atoms with Crippen LogP contribution >= 0.6 is 27.3 Å². The number of aromatic nitrogens is 2. The molecule has 0 fully saturated rings. The largest absolute Gasteiger partial charge is 0.373 e. The van der Waals surface area contributed by atoms with Gasteiger partial charge in [-0.25, -0.2) is 9.97 Å². The number of hydrogen-bond acceptors (Lipinski definition) is 5. The Morgan fingerprint density at radius 2 is 2.06 bits per heavy atom. The Morgan fingerprint density at radius 3 is 2.67 bits per heavy atom. The van der Waals surface area contributed by atoms with Gasteiger partial charge in [0.05, 0.1) is 6.54 Å². The molecule has 4 nitrogen and oxygen atoms in total. The predicted molar refractivity (Wildman–Crippen MR) is 80.3 cm³/mol. The molecule has 0 aliphatic heterocycles. The molecule has 0 radical (unpaired) electrons. The molecule has 2 rings (SSSR count). The maximum Gasteiger partial charge on any atom is 0.132 e. The van der Waals surface area contributed by atoms with E-state index in [1.165, 1.54) is 4.88 Å². The van der Waals surface area contributed by atoms with Crippen LogP contribution in [0.5, 0.6) is 0 Å². The smallest absolute Gasteiger partial charge is 0.132 e. The molecule has 18 heavy (non-hydrogen) atoms. The normalized spacial score (nSPS) is 10.4. The van der Waals surface area contributed by atoms with Crippen LogP contribution in [0.2, 0.25) is 0 Å². The van der Waals surface area contributed by atoms with Crippen molar-refractivity contribution in [2.24, 2.45) is 0 Å². The van der Waals surface area contributed by atoms with Crippen molar-refractivity contribution in [2.45, 2.75) is 19.9 Å². The Labute approximate surface area is 119 Å². The first-order valence-electron chi connectivity index (χ1n) is 5.73. The zero-order valence-electron chi connectivity index (χ0n) is 10.3. The summed E-state index contributed by atoms with van der Waals surface area (Å²) in [5, 5.41) is 8.45. The van der Waals surface area contributed by atoms with Crippen molar-refractivity contribution in [1.29, 1.82) is 0 Å². The van der Waals surface area contributed by atoms with Crippen LogP contribution in [0.1, 0.15) is 17.6 Å². The van der Waals surface area contributed by atoms with Crippen LogP contribution in [0.4, 0.5) is 11.6 Å². The molecule has 0 aliphatic carbocycles. The highest BCUT2D eigenvalue weighted by Gasteiger charge is 2.03. The van der Waals surface area contributed by atoms with E-state index in [9.17, 15) is 0 Å². The summed E-state index contributed by atoms with van der Waals surface area (Å²) in [5.41, 5.74) is 0. The van der Waals surface area contributed by atoms with Gasteiger partial charge in [0, 0.05) is 34.3 Å². The lowest BCUT2D eigenvalue weighted by Crippen LogP contribution is -2.05. The van der Waals surface area contributed by atoms with Crippen LogP contribution in [0, 0.1) is 0 Å². The number of aryl methyl sites for hydroxylation is 1. The minimum atomic E-state index is 0.777. The van der Waals surface area contributed by atoms with Crippen molar-refractivity contribution in [3.05, 3.63) is 32.7 Å². The van der Waals surface area contributed by atoms with Gasteiger partial charge in [0.1, 0.15) is 17.5 Å². The van der Waals surface area contributed by atoms with E-state index in [0.29, 0.717) is 0 Å². The summed E-state index contributed by atoms with van der Waals surface area (Å²) in [6, 6.07) is 4.03. The van der Waals surface area contributed by atoms with Crippen LogP contribution in [0.3, 0.4) is 0 Å². The van der Waals surface area contributed by atoms with Gasteiger partial charge in [-0.3, -0.25) is 0 Å². The molecule has 0 saturated heterocycles. The average Bonchev–Trinajstić information content (AvgIpc) is 2.81. The van der Waals surface area contributed by atoms with Crippen molar-refractivity contribution in [1.82, 2.24) is 9.97 Å². The first-order valence-corrected chi connectivity index (χ1v) is 7.41. The molecule has 2 N–H and O–H groups in total. The molecule has 0 aromatic carbocycles. The number of nitrogens with one attached hydrogen (secondary N) is 2. The third-order valence-corrected chi connectivity index (χ3v) is 4.11. The lowest BCUT2D eigenvalue weighted by molar-refractivity contribution is 0.936. The minimum Gasteiger partial charge on any atom is -0.373 e. The quantitative estimate of drug-likeness (QED) is 0.882. The summed E-state index contributed by atoms with van der Waals surface area (Å²) < 4.78 is 1.12. The number of nitrogens with zero attached hydrogens (tertiary/aromatic N) is 2. The van der Waals surface area contributed by atoms with E-state index < -0.39 is 0 Å². The zero-order valence-corrected chi connectivity index (χ0v) is 12.7. The summed E-state index contributed by atoms with van der Waals surface area (Å²) >= 11 is 5.17. The number of anilines is 2. The fourth-order valence-electron chi connectivity index (χ4n) is 1.50. The lowest BCUT2D eigenvalue weighted by Gasteiger charge is -2.08. The van der Waals surface area contributed by atoms with E-state index >= 15 is 0 Å². The van der Waals surface area contributed by atoms with Crippen molar-refractivity contribution in [3.8, 4) is 0 Å². The van der Waals surface area contributed by atoms with Gasteiger partial charge in [0.15, 0.2) is 0 Å². The van der Waals surface area contributed by atoms with Gasteiger partial charge in [-0.1, -0.05) is 6.92 Å². The summed E-state index contributed by atoms with van der Waals surface area (Å²) in [7, 11) is 1.86. The maximum atomic E-state index is 4.45. The van der Waals surface area contributed by atoms with Crippen LogP contribution < -0.4 is 10.6 Å². The highest BCUT2D eigenvalue weighted by atomic mass is 79.9. The Kier molecular flexibility index (Phi) is 4.54. The van der Waals surface area contributed by atoms with Crippen LogP contribution in [0.15, 0.2) is 22.0 Å². The molecule has 2 aromatic rings. The van der Waals surface area contributed by atoms with E-state index in [1.54, 1.807) is 11.3 Å². The number of rotatable bonds is 5. The van der Waals surface area contributed by atoms with Crippen molar-refractivity contribution in [3.63, 3.8) is 0 Å². The Bertz CT molecular complexity index is 504. The van der Waals surface area contributed by atoms with E-state index in [1.807, 2.05) is 13.1 Å². The zero-order chi connectivity index (χ0) is 13.0. The van der Waals surface area contributed by atoms with Gasteiger partial charge in [0.25, 0.3) is 0 Å². The van der Waals surface area contributed by atoms with E-state index in [-0.39, 0.29) is 0 Å². The number of thiophene rings is 1. The van der Waals surface area contributed by atoms with E-state index in [0.717, 1.165) is 34.9 Å². The number of hydrogen-bond donors (Lipinski definition) is 2. The second-order valence-corrected chi connectivity index (χ2v) is 5.65. The fraction of sp³-hybridized carbons (Fsp3) is 0.333. The molecule has 0 spiro atoms. The Balaban J connectivity index is 2.08. The second-order valence-electron chi connectivity index (χ2n) is 3.74. The molecular formula is C12H15BrN4S. The van der Waals surface area contributed by atoms with E-state index in [2.05, 4.69) is 54.9 Å². The van der Waals surface area contributed by atoms with Crippen molar-refractivity contribution >= 4 is 38.9 Å². The third-order valence-electron chi connectivity index (χ3n) is 2.41. The van der Waals surface area contributed by atoms with Gasteiger partial charge in [-0.15, -0.1) is 11.3 Å². The first-order chi connectivity index (χ1) is 8.71. The average molecular weight is 327 g/mol. The standard InChI is InChI=1S/C12H15BrN4S/c1-3-10-16-11(14-2)5-12(17-10)15-6-9-4-8(13)7-18-9/h4-5,7H,3,6H2,1-2H3,(H2,14,15,16,17). The highest BCUT2D eigenvalue weighted by molar-refractivity contribution is 9.10. The van der Waals surface area contributed by atoms with Gasteiger partial charge in [0.2, 0.25) is 0 Å². The van der Waals surface area contributed by atoms with Gasteiger partial charge in [-0.05, 0) is 22.0 Å². The van der Waals surface area contributed by atoms with Crippen LogP contribution in [-0.4, -0.2) is 17.0 Å². The molecule has 0 aliphatic rings. The molecule has 6 heteroatoms. The number of halogens is 1. The Hall–Kier alpha value is -1.14. The summed E-state index contributed by atoms with van der Waals surface area (Å²) in [4.78, 5) is 10.1. The molecular weight excluding hydrogens is 312 g/mol. The fourth-order valence-corrected chi connectivity index (χ4v) is 2.89. The van der Waals surface area contributed by atoms with Gasteiger partial charge in [-0.2, -0.15) is 0 Å². The predicted octanol–water partition coefficient (Wildman–Crippen LogP) is 3.52. The molecule has 96 valence electrons. The first kappa shape index (κ1) is 13.3. The molecule has 0 atom stereocenters. The molecule has 0 unspecified atom stereocenters. The molecule has 2 aromatic heterocycles. The second kappa shape index (κ2) is 6.15. The van der Waals surface area contributed by atoms with Crippen LogP contribution in [0.25, 0.3) is 0 Å². The summed E-state index contributed by atoms with van der Waals surface area (Å²) in [5.74, 6) is 2.55. The minimum absolute atomic E-state index is 0.777. The Morgan fingerprint density at radius 1 is 1.28 bits per heavy atom. The summed E-state index contributed by atoms with van der Waals surface area (Å²) in [6.45, 7) is 2.83. The van der Waals surface area contributed by atoms with Crippen LogP contribution in [-0.2, 0) is 13.0 Å². The molecule has 0 saturated carbocycles. The topological polar surface area (TPSA) is 49.8 Å². The molecule has 0 bridgehead atoms.